The van der Waals surface area contributed by atoms with Gasteiger partial charge < -0.3 is 7.85 Å². The molecule has 0 aliphatic rings. The molecule has 0 spiro atoms. The van der Waals surface area contributed by atoms with Gasteiger partial charge in [0.2, 0.25) is 0 Å². The molecular formula is C40H43BrCl4F6MgN2P6. The standard InChI is InChI=1S/C23H16ClF2NP2.C11H16Cl3NP2.C6Br.4FH.Mg.2H3P.H/c1-22-11-13-23(14-12-22)21-27(2)29(24)20-19-28(17-9-5-3-7-15-25)18-10-6-4-8-16-26;1-10-3-5-11(6-4-10)9-15(2)17(14)8-7-16(12)13;1-2-3-4-5-6-7;;;;;;;;/h11-14H,19-21H2,1-2H3;3-6H,7-9H2,1-2H3;;4*1H;;2*1H3;/q;;-1;;;;;+2;;;-1. The monoisotopic (exact) mass is 1090 g/mol. The van der Waals surface area contributed by atoms with Gasteiger partial charge in [-0.2, -0.15) is 19.8 Å². The molecule has 0 bridgehead atoms. The third-order valence-corrected chi connectivity index (χ3v) is 15.3. The second-order valence-corrected chi connectivity index (χ2v) is 22.0. The molecular weight excluding hydrogens is 1050 g/mol. The Hall–Kier alpha value is -1.03. The van der Waals surface area contributed by atoms with E-state index in [-0.39, 0.29) is 63.1 Å². The molecule has 0 aromatic heterocycles. The maximum Gasteiger partial charge on any atom is 2.00 e. The normalized spacial score (nSPS) is 8.77. The van der Waals surface area contributed by atoms with E-state index in [9.17, 15) is 8.78 Å². The Morgan fingerprint density at radius 1 is 0.583 bits per heavy atom. The van der Waals surface area contributed by atoms with Crippen LogP contribution < -0.4 is 0 Å². The van der Waals surface area contributed by atoms with Gasteiger partial charge in [-0.05, 0) is 91.0 Å². The molecule has 2 aromatic rings. The van der Waals surface area contributed by atoms with Gasteiger partial charge >= 0.3 is 23.1 Å². The summed E-state index contributed by atoms with van der Waals surface area (Å²) in [6.07, 6.45) is 11.8. The number of nitrogens with zero attached hydrogens (tertiary/aromatic N) is 2. The summed E-state index contributed by atoms with van der Waals surface area (Å²) in [5, 5.41) is 0. The summed E-state index contributed by atoms with van der Waals surface area (Å²) in [5.74, 6) is 27.4. The predicted molar refractivity (Wildman–Crippen MR) is 275 cm³/mol. The van der Waals surface area contributed by atoms with E-state index in [0.717, 1.165) is 31.6 Å². The van der Waals surface area contributed by atoms with Crippen LogP contribution in [0.1, 0.15) is 23.7 Å². The predicted octanol–water partition coefficient (Wildman–Crippen LogP) is 12.4. The zero-order valence-corrected chi connectivity index (χ0v) is 45.4. The summed E-state index contributed by atoms with van der Waals surface area (Å²) in [4.78, 5) is 2.37. The smallest absolute Gasteiger partial charge is 1.00 e. The molecule has 0 aliphatic heterocycles. The van der Waals surface area contributed by atoms with E-state index < -0.39 is 29.4 Å². The molecule has 0 amide bonds. The van der Waals surface area contributed by atoms with Crippen molar-refractivity contribution in [3.8, 4) is 99.5 Å². The van der Waals surface area contributed by atoms with Gasteiger partial charge in [0.1, 0.15) is 12.3 Å². The maximum atomic E-state index is 11.7. The van der Waals surface area contributed by atoms with E-state index in [1.165, 1.54) is 34.6 Å². The Bertz CT molecular complexity index is 1950. The summed E-state index contributed by atoms with van der Waals surface area (Å²) < 4.78 is 27.7. The van der Waals surface area contributed by atoms with Gasteiger partial charge in [0.25, 0.3) is 0 Å². The summed E-state index contributed by atoms with van der Waals surface area (Å²) >= 11 is 27.3. The summed E-state index contributed by atoms with van der Waals surface area (Å²) in [6, 6.07) is 16.9. The van der Waals surface area contributed by atoms with Gasteiger partial charge in [-0.1, -0.05) is 105 Å². The van der Waals surface area contributed by atoms with Crippen molar-refractivity contribution in [2.24, 2.45) is 0 Å². The first-order chi connectivity index (χ1) is 25.5. The van der Waals surface area contributed by atoms with Crippen LogP contribution in [0.25, 0.3) is 0 Å². The minimum atomic E-state index is -1.03. The van der Waals surface area contributed by atoms with Crippen molar-refractivity contribution in [3.63, 3.8) is 0 Å². The van der Waals surface area contributed by atoms with Crippen LogP contribution in [0, 0.1) is 120 Å². The second-order valence-electron chi connectivity index (χ2n) is 9.91. The fraction of sp³-hybridized carbons (Fsp3) is 0.250. The van der Waals surface area contributed by atoms with Crippen molar-refractivity contribution in [2.75, 3.05) is 38.7 Å². The third-order valence-electron chi connectivity index (χ3n) is 5.85. The molecule has 0 N–H and O–H groups in total. The first kappa shape index (κ1) is 76.3. The summed E-state index contributed by atoms with van der Waals surface area (Å²) in [7, 11) is 1.47. The van der Waals surface area contributed by atoms with Gasteiger partial charge in [-0.15, -0.1) is 14.7 Å². The molecule has 2 aromatic carbocycles. The van der Waals surface area contributed by atoms with Crippen molar-refractivity contribution < 1.29 is 29.0 Å². The molecule has 0 radical (unpaired) electrons. The van der Waals surface area contributed by atoms with E-state index in [0.29, 0.717) is 6.16 Å². The maximum absolute atomic E-state index is 11.7. The molecule has 2 nitrogen and oxygen atoms in total. The molecule has 20 heteroatoms. The van der Waals surface area contributed by atoms with Crippen LogP contribution in [-0.2, 0) is 13.1 Å². The van der Waals surface area contributed by atoms with E-state index in [1.807, 2.05) is 31.9 Å². The topological polar surface area (TPSA) is 6.48 Å². The van der Waals surface area contributed by atoms with Crippen molar-refractivity contribution in [3.05, 3.63) is 77.2 Å². The minimum absolute atomic E-state index is 0. The van der Waals surface area contributed by atoms with Crippen LogP contribution in [0.4, 0.5) is 27.6 Å². The Labute approximate surface area is 410 Å². The molecule has 0 saturated heterocycles. The Morgan fingerprint density at radius 2 is 0.933 bits per heavy atom. The zero-order valence-electron chi connectivity index (χ0n) is 33.9. The first-order valence-corrected chi connectivity index (χ1v) is 25.4. The molecule has 0 saturated carbocycles. The Balaban J connectivity index is -0.000000104. The number of rotatable bonds is 12. The number of hydrogen-bond acceptors (Lipinski definition) is 2. The second kappa shape index (κ2) is 52.3. The summed E-state index contributed by atoms with van der Waals surface area (Å²) in [6.45, 7) is 4.90. The van der Waals surface area contributed by atoms with Crippen LogP contribution >= 0.6 is 110 Å². The Kier molecular flexibility index (Phi) is 66.5. The molecule has 322 valence electrons. The average molecular weight is 1100 g/mol. The van der Waals surface area contributed by atoms with Crippen LogP contribution in [0.3, 0.4) is 0 Å². The molecule has 2 rings (SSSR count). The molecule has 4 atom stereocenters. The van der Waals surface area contributed by atoms with Gasteiger partial charge in [-0.3, -0.25) is 34.1 Å². The van der Waals surface area contributed by atoms with Crippen molar-refractivity contribution >= 4 is 133 Å². The van der Waals surface area contributed by atoms with E-state index >= 15 is 0 Å². The molecule has 0 heterocycles. The first-order valence-electron chi connectivity index (χ1n) is 15.0. The van der Waals surface area contributed by atoms with Crippen molar-refractivity contribution in [1.29, 1.82) is 0 Å². The average Bonchev–Trinajstić information content (AvgIpc) is 3.14. The molecule has 60 heavy (non-hydrogen) atoms. The van der Waals surface area contributed by atoms with Gasteiger partial charge in [0, 0.05) is 71.2 Å². The van der Waals surface area contributed by atoms with E-state index in [2.05, 4.69) is 157 Å². The minimum Gasteiger partial charge on any atom is -1.00 e. The number of halogens is 11. The zero-order chi connectivity index (χ0) is 39.7. The van der Waals surface area contributed by atoms with Crippen LogP contribution in [-0.4, -0.2) is 71.1 Å². The third kappa shape index (κ3) is 45.0. The number of aryl methyl sites for hydroxylation is 2. The number of hydrogen-bond donors (Lipinski definition) is 0. The molecule has 4 unspecified atom stereocenters. The van der Waals surface area contributed by atoms with Crippen LogP contribution in [0.15, 0.2) is 48.5 Å². The SMILES string of the molecule is Cc1ccc(CN(C)P(Cl)CCP(C#CC#CC#CF)C#CC#CC#CF)cc1.Cc1ccc(CN(C)P(Cl)CCP(Cl)Cl)cc1.F.F.F.F.P.P.[C-]#CC#CC#CBr.[H-].[Mg+2]. The van der Waals surface area contributed by atoms with E-state index in [4.69, 9.17) is 51.4 Å². The molecule has 0 fully saturated rings. The van der Waals surface area contributed by atoms with E-state index in [1.54, 1.807) is 0 Å². The quantitative estimate of drug-likeness (QED) is 0.0687. The fourth-order valence-corrected chi connectivity index (χ4v) is 11.2. The fourth-order valence-electron chi connectivity index (χ4n) is 3.34. The van der Waals surface area contributed by atoms with Crippen LogP contribution in [0.5, 0.6) is 0 Å². The summed E-state index contributed by atoms with van der Waals surface area (Å²) in [5.41, 5.74) is 10.9. The van der Waals surface area contributed by atoms with Gasteiger partial charge in [-0.25, -0.2) is 5.92 Å². The number of benzene rings is 2. The van der Waals surface area contributed by atoms with Crippen LogP contribution in [0.2, 0.25) is 0 Å². The van der Waals surface area contributed by atoms with Gasteiger partial charge in [0.15, 0.2) is 0 Å². The van der Waals surface area contributed by atoms with Gasteiger partial charge in [0.05, 0.1) is 29.4 Å². The largest absolute Gasteiger partial charge is 2.00 e. The Morgan fingerprint density at radius 3 is 1.27 bits per heavy atom. The van der Waals surface area contributed by atoms with Crippen molar-refractivity contribution in [2.45, 2.75) is 26.9 Å². The molecule has 0 aliphatic carbocycles. The van der Waals surface area contributed by atoms with Crippen molar-refractivity contribution in [1.82, 2.24) is 9.34 Å².